The van der Waals surface area contributed by atoms with Gasteiger partial charge in [0.15, 0.2) is 5.96 Å². The smallest absolute Gasteiger partial charge is 0.191 e. The third-order valence-corrected chi connectivity index (χ3v) is 3.15. The van der Waals surface area contributed by atoms with Crippen molar-refractivity contribution in [2.75, 3.05) is 33.4 Å². The molecule has 0 unspecified atom stereocenters. The molecule has 0 atom stereocenters. The minimum Gasteiger partial charge on any atom is -0.494 e. The van der Waals surface area contributed by atoms with Gasteiger partial charge in [0.05, 0.1) is 6.61 Å². The molecule has 5 nitrogen and oxygen atoms in total. The van der Waals surface area contributed by atoms with Crippen molar-refractivity contribution in [1.82, 2.24) is 10.6 Å². The van der Waals surface area contributed by atoms with E-state index in [0.29, 0.717) is 19.1 Å². The Morgan fingerprint density at radius 2 is 1.96 bits per heavy atom. The number of halogens is 1. The second kappa shape index (κ2) is 14.3. The van der Waals surface area contributed by atoms with E-state index in [2.05, 4.69) is 35.5 Å². The summed E-state index contributed by atoms with van der Waals surface area (Å²) in [6, 6.07) is 8.05. The molecule has 2 N–H and O–H groups in total. The van der Waals surface area contributed by atoms with Crippen LogP contribution in [0.25, 0.3) is 0 Å². The van der Waals surface area contributed by atoms with Gasteiger partial charge in [0, 0.05) is 38.9 Å². The van der Waals surface area contributed by atoms with Crippen molar-refractivity contribution >= 4 is 29.9 Å². The lowest BCUT2D eigenvalue weighted by Gasteiger charge is -2.14. The molecule has 24 heavy (non-hydrogen) atoms. The van der Waals surface area contributed by atoms with Crippen LogP contribution in [-0.2, 0) is 11.3 Å². The normalized spacial score (nSPS) is 11.1. The van der Waals surface area contributed by atoms with E-state index in [1.54, 1.807) is 7.05 Å². The highest BCUT2D eigenvalue weighted by Crippen LogP contribution is 2.17. The maximum absolute atomic E-state index is 5.63. The topological polar surface area (TPSA) is 54.9 Å². The lowest BCUT2D eigenvalue weighted by atomic mass is 10.2. The summed E-state index contributed by atoms with van der Waals surface area (Å²) in [6.07, 6.45) is 0.961. The van der Waals surface area contributed by atoms with Crippen molar-refractivity contribution in [3.63, 3.8) is 0 Å². The zero-order valence-electron chi connectivity index (χ0n) is 15.3. The summed E-state index contributed by atoms with van der Waals surface area (Å²) in [4.78, 5) is 4.24. The maximum atomic E-state index is 5.63. The SMILES string of the molecule is CCOc1ccccc1CNC(=NC)NCCCOCC(C)C.I. The Bertz CT molecular complexity index is 467. The number of benzene rings is 1. The van der Waals surface area contributed by atoms with E-state index >= 15 is 0 Å². The molecule has 0 saturated heterocycles. The van der Waals surface area contributed by atoms with Gasteiger partial charge in [-0.15, -0.1) is 24.0 Å². The number of nitrogens with one attached hydrogen (secondary N) is 2. The average Bonchev–Trinajstić information content (AvgIpc) is 2.54. The fourth-order valence-electron chi connectivity index (χ4n) is 2.05. The second-order valence-electron chi connectivity index (χ2n) is 5.72. The lowest BCUT2D eigenvalue weighted by molar-refractivity contribution is 0.108. The quantitative estimate of drug-likeness (QED) is 0.249. The highest BCUT2D eigenvalue weighted by Gasteiger charge is 2.03. The summed E-state index contributed by atoms with van der Waals surface area (Å²) in [7, 11) is 1.78. The van der Waals surface area contributed by atoms with Gasteiger partial charge >= 0.3 is 0 Å². The van der Waals surface area contributed by atoms with Crippen LogP contribution >= 0.6 is 24.0 Å². The minimum atomic E-state index is 0. The molecule has 138 valence electrons. The number of hydrogen-bond donors (Lipinski definition) is 2. The summed E-state index contributed by atoms with van der Waals surface area (Å²) in [5.41, 5.74) is 1.12. The molecule has 0 aliphatic rings. The van der Waals surface area contributed by atoms with Crippen LogP contribution in [0, 0.1) is 5.92 Å². The fraction of sp³-hybridized carbons (Fsp3) is 0.611. The summed E-state index contributed by atoms with van der Waals surface area (Å²) in [5.74, 6) is 2.29. The van der Waals surface area contributed by atoms with Crippen LogP contribution < -0.4 is 15.4 Å². The molecule has 0 fully saturated rings. The molecule has 0 aromatic heterocycles. The van der Waals surface area contributed by atoms with Gasteiger partial charge < -0.3 is 20.1 Å². The van der Waals surface area contributed by atoms with E-state index in [9.17, 15) is 0 Å². The number of para-hydroxylation sites is 1. The van der Waals surface area contributed by atoms with E-state index in [-0.39, 0.29) is 24.0 Å². The standard InChI is InChI=1S/C18H31N3O2.HI/c1-5-23-17-10-7-6-9-16(17)13-21-18(19-4)20-11-8-12-22-14-15(2)3;/h6-7,9-10,15H,5,8,11-14H2,1-4H3,(H2,19,20,21);1H. The molecule has 0 heterocycles. The van der Waals surface area contributed by atoms with E-state index in [4.69, 9.17) is 9.47 Å². The molecule has 6 heteroatoms. The van der Waals surface area contributed by atoms with Crippen LogP contribution in [0.15, 0.2) is 29.3 Å². The highest BCUT2D eigenvalue weighted by atomic mass is 127. The molecule has 0 aliphatic heterocycles. The monoisotopic (exact) mass is 449 g/mol. The van der Waals surface area contributed by atoms with E-state index in [1.165, 1.54) is 0 Å². The first-order valence-electron chi connectivity index (χ1n) is 8.40. The Morgan fingerprint density at radius 3 is 2.62 bits per heavy atom. The van der Waals surface area contributed by atoms with Gasteiger partial charge in [0.1, 0.15) is 5.75 Å². The van der Waals surface area contributed by atoms with Crippen molar-refractivity contribution in [3.8, 4) is 5.75 Å². The van der Waals surface area contributed by atoms with Crippen molar-refractivity contribution in [2.45, 2.75) is 33.7 Å². The van der Waals surface area contributed by atoms with Crippen LogP contribution in [0.3, 0.4) is 0 Å². The molecule has 0 saturated carbocycles. The van der Waals surface area contributed by atoms with Crippen molar-refractivity contribution in [1.29, 1.82) is 0 Å². The predicted octanol–water partition coefficient (Wildman–Crippen LogP) is 3.43. The molecule has 1 rings (SSSR count). The van der Waals surface area contributed by atoms with E-state index < -0.39 is 0 Å². The minimum absolute atomic E-state index is 0. The third-order valence-electron chi connectivity index (χ3n) is 3.15. The lowest BCUT2D eigenvalue weighted by Crippen LogP contribution is -2.37. The van der Waals surface area contributed by atoms with Gasteiger partial charge in [-0.05, 0) is 25.3 Å². The molecular weight excluding hydrogens is 417 g/mol. The summed E-state index contributed by atoms with van der Waals surface area (Å²) < 4.78 is 11.2. The van der Waals surface area contributed by atoms with E-state index in [1.807, 2.05) is 25.1 Å². The molecule has 0 spiro atoms. The maximum Gasteiger partial charge on any atom is 0.191 e. The number of ether oxygens (including phenoxy) is 2. The van der Waals surface area contributed by atoms with Crippen LogP contribution in [0.4, 0.5) is 0 Å². The molecule has 0 bridgehead atoms. The van der Waals surface area contributed by atoms with Gasteiger partial charge in [0.2, 0.25) is 0 Å². The predicted molar refractivity (Wildman–Crippen MR) is 112 cm³/mol. The number of guanidine groups is 1. The molecule has 0 aliphatic carbocycles. The molecule has 1 aromatic carbocycles. The first kappa shape index (κ1) is 23.0. The number of rotatable bonds is 10. The highest BCUT2D eigenvalue weighted by molar-refractivity contribution is 14.0. The Balaban J connectivity index is 0.00000529. The second-order valence-corrected chi connectivity index (χ2v) is 5.72. The largest absolute Gasteiger partial charge is 0.494 e. The first-order valence-corrected chi connectivity index (χ1v) is 8.40. The van der Waals surface area contributed by atoms with Crippen LogP contribution in [0.1, 0.15) is 32.8 Å². The van der Waals surface area contributed by atoms with Gasteiger partial charge in [-0.3, -0.25) is 4.99 Å². The molecular formula is C18H32IN3O2. The summed E-state index contributed by atoms with van der Waals surface area (Å²) in [5, 5.41) is 6.61. The Kier molecular flexibility index (Phi) is 13.7. The summed E-state index contributed by atoms with van der Waals surface area (Å²) in [6.45, 7) is 10.1. The number of nitrogens with zero attached hydrogens (tertiary/aromatic N) is 1. The zero-order valence-corrected chi connectivity index (χ0v) is 17.6. The van der Waals surface area contributed by atoms with E-state index in [0.717, 1.165) is 43.5 Å². The van der Waals surface area contributed by atoms with Gasteiger partial charge in [0.25, 0.3) is 0 Å². The Hall–Kier alpha value is -1.02. The number of aliphatic imine (C=N–C) groups is 1. The third kappa shape index (κ3) is 9.97. The first-order chi connectivity index (χ1) is 11.2. The Labute approximate surface area is 163 Å². The summed E-state index contributed by atoms with van der Waals surface area (Å²) >= 11 is 0. The Morgan fingerprint density at radius 1 is 1.21 bits per heavy atom. The zero-order chi connectivity index (χ0) is 16.9. The van der Waals surface area contributed by atoms with Crippen LogP contribution in [0.2, 0.25) is 0 Å². The van der Waals surface area contributed by atoms with Gasteiger partial charge in [-0.1, -0.05) is 32.0 Å². The van der Waals surface area contributed by atoms with Crippen molar-refractivity contribution in [2.24, 2.45) is 10.9 Å². The molecule has 1 aromatic rings. The molecule has 0 radical (unpaired) electrons. The van der Waals surface area contributed by atoms with Crippen LogP contribution in [0.5, 0.6) is 5.75 Å². The fourth-order valence-corrected chi connectivity index (χ4v) is 2.05. The van der Waals surface area contributed by atoms with Crippen molar-refractivity contribution < 1.29 is 9.47 Å². The van der Waals surface area contributed by atoms with Gasteiger partial charge in [-0.25, -0.2) is 0 Å². The molecule has 0 amide bonds. The average molecular weight is 449 g/mol. The van der Waals surface area contributed by atoms with Crippen molar-refractivity contribution in [3.05, 3.63) is 29.8 Å². The number of hydrogen-bond acceptors (Lipinski definition) is 3. The van der Waals surface area contributed by atoms with Crippen LogP contribution in [-0.4, -0.2) is 39.4 Å². The van der Waals surface area contributed by atoms with Gasteiger partial charge in [-0.2, -0.15) is 0 Å².